The third kappa shape index (κ3) is 4.82. The van der Waals surface area contributed by atoms with Gasteiger partial charge in [0.2, 0.25) is 0 Å². The maximum absolute atomic E-state index is 14.0. The van der Waals surface area contributed by atoms with Crippen molar-refractivity contribution in [2.45, 2.75) is 19.9 Å². The molecule has 2 heterocycles. The van der Waals surface area contributed by atoms with E-state index in [1.54, 1.807) is 27.0 Å². The Morgan fingerprint density at radius 3 is 2.61 bits per heavy atom. The minimum atomic E-state index is -0.965. The van der Waals surface area contributed by atoms with Crippen LogP contribution in [0.3, 0.4) is 0 Å². The second-order valence-corrected chi connectivity index (χ2v) is 10.1. The predicted molar refractivity (Wildman–Crippen MR) is 152 cm³/mol. The van der Waals surface area contributed by atoms with Gasteiger partial charge in [0.25, 0.3) is 5.56 Å². The summed E-state index contributed by atoms with van der Waals surface area (Å²) in [6.45, 7) is 3.49. The average Bonchev–Trinajstić information content (AvgIpc) is 3.26. The number of nitrogens with zero attached hydrogens (tertiary/aromatic N) is 3. The van der Waals surface area contributed by atoms with Crippen LogP contribution in [0.15, 0.2) is 69.6 Å². The Labute approximate surface area is 237 Å². The highest BCUT2D eigenvalue weighted by Crippen LogP contribution is 2.41. The fourth-order valence-electron chi connectivity index (χ4n) is 4.88. The number of nitro benzene ring substituents is 1. The first-order valence-corrected chi connectivity index (χ1v) is 13.3. The number of carbonyl (C=O) groups excluding carboxylic acids is 1. The van der Waals surface area contributed by atoms with Crippen molar-refractivity contribution in [3.05, 3.63) is 101 Å². The number of rotatable bonds is 7. The lowest BCUT2D eigenvalue weighted by molar-refractivity contribution is -0.385. The smallest absolute Gasteiger partial charge is 0.338 e. The number of aromatic nitrogens is 1. The van der Waals surface area contributed by atoms with Gasteiger partial charge in [-0.1, -0.05) is 29.5 Å². The van der Waals surface area contributed by atoms with E-state index in [1.807, 2.05) is 24.3 Å². The van der Waals surface area contributed by atoms with Gasteiger partial charge < -0.3 is 19.3 Å². The Kier molecular flexibility index (Phi) is 7.33. The van der Waals surface area contributed by atoms with E-state index in [0.717, 1.165) is 16.7 Å². The first kappa shape index (κ1) is 27.6. The molecule has 3 aromatic carbocycles. The molecule has 1 aromatic heterocycles. The molecule has 4 aromatic rings. The van der Waals surface area contributed by atoms with Crippen molar-refractivity contribution in [3.63, 3.8) is 0 Å². The molecule has 0 bridgehead atoms. The fraction of sp³-hybridized carbons (Fsp3) is 0.207. The molecule has 1 atom stereocenters. The number of carbonyl (C=O) groups is 1. The number of hydrogen-bond donors (Lipinski definition) is 1. The van der Waals surface area contributed by atoms with E-state index in [4.69, 9.17) is 14.2 Å². The number of hydrogen-bond acceptors (Lipinski definition) is 10. The zero-order valence-electron chi connectivity index (χ0n) is 22.5. The lowest BCUT2D eigenvalue weighted by atomic mass is 9.90. The Bertz CT molecular complexity index is 1930. The number of esters is 1. The third-order valence-electron chi connectivity index (χ3n) is 6.73. The molecular formula is C29H25N3O8S. The summed E-state index contributed by atoms with van der Waals surface area (Å²) in [6.07, 6.45) is 1.49. The molecule has 41 heavy (non-hydrogen) atoms. The Balaban J connectivity index is 1.84. The first-order chi connectivity index (χ1) is 19.7. The molecule has 0 fully saturated rings. The second kappa shape index (κ2) is 10.9. The van der Waals surface area contributed by atoms with Gasteiger partial charge in [0.05, 0.1) is 41.6 Å². The molecule has 11 nitrogen and oxygen atoms in total. The Morgan fingerprint density at radius 2 is 1.93 bits per heavy atom. The van der Waals surface area contributed by atoms with Crippen LogP contribution >= 0.6 is 11.3 Å². The number of methoxy groups -OCH3 is 2. The minimum absolute atomic E-state index is 0.118. The second-order valence-electron chi connectivity index (χ2n) is 9.08. The predicted octanol–water partition coefficient (Wildman–Crippen LogP) is 3.58. The summed E-state index contributed by atoms with van der Waals surface area (Å²) in [7, 11) is 3.05. The van der Waals surface area contributed by atoms with Crippen LogP contribution in [0.4, 0.5) is 5.69 Å². The molecule has 0 amide bonds. The molecule has 0 aliphatic carbocycles. The van der Waals surface area contributed by atoms with E-state index in [-0.39, 0.29) is 16.7 Å². The van der Waals surface area contributed by atoms with Gasteiger partial charge in [-0.2, -0.15) is 0 Å². The van der Waals surface area contributed by atoms with Crippen molar-refractivity contribution in [1.29, 1.82) is 0 Å². The first-order valence-electron chi connectivity index (χ1n) is 12.5. The van der Waals surface area contributed by atoms with Gasteiger partial charge in [-0.15, -0.1) is 0 Å². The van der Waals surface area contributed by atoms with Crippen molar-refractivity contribution in [3.8, 4) is 17.2 Å². The molecule has 0 saturated heterocycles. The number of benzene rings is 3. The van der Waals surface area contributed by atoms with Gasteiger partial charge in [-0.25, -0.2) is 9.79 Å². The van der Waals surface area contributed by atoms with Gasteiger partial charge >= 0.3 is 11.7 Å². The molecule has 1 aliphatic rings. The van der Waals surface area contributed by atoms with Crippen molar-refractivity contribution < 1.29 is 29.0 Å². The highest BCUT2D eigenvalue weighted by molar-refractivity contribution is 7.07. The molecule has 1 N–H and O–H groups in total. The highest BCUT2D eigenvalue weighted by Gasteiger charge is 2.36. The SMILES string of the molecule is CCOC(=O)C1=C(C)N=c2sc(=Cc3ccc(O)c([N+](=O)[O-])c3)c(=O)n2C1c1c(OC)ccc2ccc(OC)cc12. The number of ether oxygens (including phenoxy) is 3. The standard InChI is InChI=1S/C29H25N3O8S/c1-5-40-28(35)24-15(2)30-29-31(27(34)23(41-29)13-16-6-10-21(33)20(12-16)32(36)37)26(24)25-19-14-18(38-3)9-7-17(19)8-11-22(25)39-4/h6-14,26,33H,5H2,1-4H3. The Morgan fingerprint density at radius 1 is 1.17 bits per heavy atom. The number of nitro groups is 1. The highest BCUT2D eigenvalue weighted by atomic mass is 32.1. The molecule has 210 valence electrons. The quantitative estimate of drug-likeness (QED) is 0.200. The summed E-state index contributed by atoms with van der Waals surface area (Å²) in [5.74, 6) is -0.0892. The van der Waals surface area contributed by atoms with Crippen molar-refractivity contribution in [2.24, 2.45) is 4.99 Å². The summed E-state index contributed by atoms with van der Waals surface area (Å²) in [5.41, 5.74) is 0.493. The van der Waals surface area contributed by atoms with Crippen LogP contribution in [0.25, 0.3) is 16.8 Å². The van der Waals surface area contributed by atoms with Crippen LogP contribution in [0, 0.1) is 10.1 Å². The summed E-state index contributed by atoms with van der Waals surface area (Å²) in [6, 6.07) is 12.0. The van der Waals surface area contributed by atoms with Crippen molar-refractivity contribution in [2.75, 3.05) is 20.8 Å². The van der Waals surface area contributed by atoms with Crippen molar-refractivity contribution >= 4 is 39.8 Å². The van der Waals surface area contributed by atoms with E-state index < -0.39 is 33.9 Å². The molecule has 1 aliphatic heterocycles. The monoisotopic (exact) mass is 575 g/mol. The maximum atomic E-state index is 14.0. The average molecular weight is 576 g/mol. The molecule has 1 unspecified atom stereocenters. The van der Waals surface area contributed by atoms with E-state index in [1.165, 1.54) is 36.0 Å². The zero-order chi connectivity index (χ0) is 29.4. The van der Waals surface area contributed by atoms with Crippen LogP contribution in [0.2, 0.25) is 0 Å². The minimum Gasteiger partial charge on any atom is -0.502 e. The van der Waals surface area contributed by atoms with Gasteiger partial charge in [0.15, 0.2) is 10.6 Å². The number of fused-ring (bicyclic) bond motifs is 2. The van der Waals surface area contributed by atoms with Gasteiger partial charge in [0.1, 0.15) is 17.5 Å². The molecule has 0 spiro atoms. The number of phenols is 1. The van der Waals surface area contributed by atoms with Crippen LogP contribution in [-0.2, 0) is 9.53 Å². The summed E-state index contributed by atoms with van der Waals surface area (Å²) < 4.78 is 18.3. The molecule has 12 heteroatoms. The largest absolute Gasteiger partial charge is 0.502 e. The summed E-state index contributed by atoms with van der Waals surface area (Å²) in [4.78, 5) is 43.0. The van der Waals surface area contributed by atoms with Gasteiger partial charge in [0, 0.05) is 11.6 Å². The molecule has 5 rings (SSSR count). The van der Waals surface area contributed by atoms with Crippen LogP contribution < -0.4 is 24.4 Å². The summed E-state index contributed by atoms with van der Waals surface area (Å²) >= 11 is 1.08. The number of allylic oxidation sites excluding steroid dienone is 1. The van der Waals surface area contributed by atoms with Gasteiger partial charge in [-0.3, -0.25) is 19.5 Å². The van der Waals surface area contributed by atoms with E-state index in [0.29, 0.717) is 38.5 Å². The van der Waals surface area contributed by atoms with Gasteiger partial charge in [-0.05, 0) is 60.5 Å². The third-order valence-corrected chi connectivity index (χ3v) is 7.72. The molecule has 0 saturated carbocycles. The maximum Gasteiger partial charge on any atom is 0.338 e. The van der Waals surface area contributed by atoms with E-state index in [2.05, 4.69) is 4.99 Å². The lowest BCUT2D eigenvalue weighted by Gasteiger charge is -2.27. The Hall–Kier alpha value is -4.97. The normalized spacial score (nSPS) is 14.9. The van der Waals surface area contributed by atoms with Crippen LogP contribution in [0.1, 0.15) is 31.0 Å². The van der Waals surface area contributed by atoms with Crippen LogP contribution in [0.5, 0.6) is 17.2 Å². The van der Waals surface area contributed by atoms with E-state index >= 15 is 0 Å². The summed E-state index contributed by atoms with van der Waals surface area (Å²) in [5, 5.41) is 22.7. The molecule has 0 radical (unpaired) electrons. The van der Waals surface area contributed by atoms with Crippen molar-refractivity contribution in [1.82, 2.24) is 4.57 Å². The zero-order valence-corrected chi connectivity index (χ0v) is 23.4. The number of thiazole rings is 1. The topological polar surface area (TPSA) is 142 Å². The number of phenolic OH excluding ortho intramolecular Hbond substituents is 1. The number of aromatic hydroxyl groups is 1. The van der Waals surface area contributed by atoms with E-state index in [9.17, 15) is 24.8 Å². The van der Waals surface area contributed by atoms with Crippen LogP contribution in [-0.4, -0.2) is 41.4 Å². The molecular weight excluding hydrogens is 550 g/mol. The fourth-order valence-corrected chi connectivity index (χ4v) is 5.93. The lowest BCUT2D eigenvalue weighted by Crippen LogP contribution is -2.40.